The molecule has 5 rings (SSSR count). The molecular formula is C28H30N4O2. The van der Waals surface area contributed by atoms with Crippen molar-refractivity contribution in [2.75, 3.05) is 37.7 Å². The van der Waals surface area contributed by atoms with Crippen LogP contribution < -0.4 is 10.2 Å². The summed E-state index contributed by atoms with van der Waals surface area (Å²) in [6, 6.07) is 29.9. The van der Waals surface area contributed by atoms with Crippen molar-refractivity contribution in [1.82, 2.24) is 15.1 Å². The molecule has 2 aliphatic rings. The topological polar surface area (TPSA) is 55.9 Å². The Bertz CT molecular complexity index is 1070. The number of para-hydroxylation sites is 1. The molecule has 1 N–H and O–H groups in total. The Hall–Kier alpha value is -3.64. The van der Waals surface area contributed by atoms with Gasteiger partial charge in [0.1, 0.15) is 5.54 Å². The van der Waals surface area contributed by atoms with Crippen molar-refractivity contribution in [3.05, 3.63) is 102 Å². The molecule has 3 aromatic rings. The molecule has 0 unspecified atom stereocenters. The van der Waals surface area contributed by atoms with E-state index < -0.39 is 5.54 Å². The highest BCUT2D eigenvalue weighted by molar-refractivity contribution is 6.07. The van der Waals surface area contributed by atoms with Crippen LogP contribution in [0.5, 0.6) is 0 Å². The lowest BCUT2D eigenvalue weighted by Gasteiger charge is -2.37. The SMILES string of the molecule is O=C1NC(Cc2ccccc2)(Cc2ccccc2)C(=O)N1CN1CCN(c2ccccc2)CC1. The molecule has 2 heterocycles. The van der Waals surface area contributed by atoms with Gasteiger partial charge in [0.25, 0.3) is 5.91 Å². The largest absolute Gasteiger partial charge is 0.369 e. The van der Waals surface area contributed by atoms with Crippen LogP contribution in [0.25, 0.3) is 0 Å². The highest BCUT2D eigenvalue weighted by atomic mass is 16.2. The second kappa shape index (κ2) is 9.69. The summed E-state index contributed by atoms with van der Waals surface area (Å²) in [6.07, 6.45) is 0.928. The molecule has 3 amide bonds. The smallest absolute Gasteiger partial charge is 0.326 e. The summed E-state index contributed by atoms with van der Waals surface area (Å²) in [5.41, 5.74) is 2.30. The van der Waals surface area contributed by atoms with Gasteiger partial charge in [0, 0.05) is 44.7 Å². The summed E-state index contributed by atoms with van der Waals surface area (Å²) >= 11 is 0. The third kappa shape index (κ3) is 4.68. The number of carbonyl (C=O) groups is 2. The summed E-state index contributed by atoms with van der Waals surface area (Å²) < 4.78 is 0. The number of benzene rings is 3. The van der Waals surface area contributed by atoms with Crippen LogP contribution in [0.3, 0.4) is 0 Å². The first-order valence-electron chi connectivity index (χ1n) is 11.9. The molecule has 0 spiro atoms. The van der Waals surface area contributed by atoms with Crippen LogP contribution >= 0.6 is 0 Å². The van der Waals surface area contributed by atoms with Gasteiger partial charge in [0.2, 0.25) is 0 Å². The lowest BCUT2D eigenvalue weighted by atomic mass is 9.84. The molecule has 6 heteroatoms. The molecule has 0 bridgehead atoms. The Morgan fingerprint density at radius 3 is 1.71 bits per heavy atom. The maximum absolute atomic E-state index is 13.8. The maximum Gasteiger partial charge on any atom is 0.326 e. The molecule has 6 nitrogen and oxygen atoms in total. The van der Waals surface area contributed by atoms with Crippen LogP contribution in [-0.2, 0) is 17.6 Å². The van der Waals surface area contributed by atoms with Gasteiger partial charge in [0.15, 0.2) is 0 Å². The van der Waals surface area contributed by atoms with E-state index in [1.54, 1.807) is 0 Å². The van der Waals surface area contributed by atoms with Crippen molar-refractivity contribution in [3.63, 3.8) is 0 Å². The van der Waals surface area contributed by atoms with E-state index in [4.69, 9.17) is 0 Å². The zero-order valence-electron chi connectivity index (χ0n) is 19.3. The van der Waals surface area contributed by atoms with Gasteiger partial charge in [-0.1, -0.05) is 78.9 Å². The number of hydrogen-bond donors (Lipinski definition) is 1. The van der Waals surface area contributed by atoms with Gasteiger partial charge in [0.05, 0.1) is 6.67 Å². The molecule has 0 aliphatic carbocycles. The molecule has 0 atom stereocenters. The first-order chi connectivity index (χ1) is 16.6. The normalized spacial score (nSPS) is 18.2. The van der Waals surface area contributed by atoms with Crippen molar-refractivity contribution in [2.45, 2.75) is 18.4 Å². The van der Waals surface area contributed by atoms with Crippen LogP contribution in [0.2, 0.25) is 0 Å². The lowest BCUT2D eigenvalue weighted by molar-refractivity contribution is -0.132. The van der Waals surface area contributed by atoms with Gasteiger partial charge in [-0.25, -0.2) is 9.69 Å². The second-order valence-electron chi connectivity index (χ2n) is 9.15. The minimum atomic E-state index is -0.981. The molecule has 2 fully saturated rings. The third-order valence-electron chi connectivity index (χ3n) is 6.78. The molecule has 3 aromatic carbocycles. The first kappa shape index (κ1) is 22.2. The van der Waals surface area contributed by atoms with E-state index >= 15 is 0 Å². The molecule has 0 aromatic heterocycles. The van der Waals surface area contributed by atoms with Gasteiger partial charge in [-0.2, -0.15) is 0 Å². The van der Waals surface area contributed by atoms with Gasteiger partial charge < -0.3 is 10.2 Å². The van der Waals surface area contributed by atoms with Crippen molar-refractivity contribution >= 4 is 17.6 Å². The number of nitrogens with one attached hydrogen (secondary N) is 1. The molecule has 2 saturated heterocycles. The summed E-state index contributed by atoms with van der Waals surface area (Å²) in [5, 5.41) is 3.09. The number of hydrogen-bond acceptors (Lipinski definition) is 4. The third-order valence-corrected chi connectivity index (χ3v) is 6.78. The molecule has 0 saturated carbocycles. The van der Waals surface area contributed by atoms with Crippen molar-refractivity contribution in [2.24, 2.45) is 0 Å². The van der Waals surface area contributed by atoms with Crippen molar-refractivity contribution in [1.29, 1.82) is 0 Å². The van der Waals surface area contributed by atoms with Crippen LogP contribution in [-0.4, -0.2) is 60.1 Å². The van der Waals surface area contributed by atoms with Gasteiger partial charge in [-0.15, -0.1) is 0 Å². The van der Waals surface area contributed by atoms with E-state index in [9.17, 15) is 9.59 Å². The quantitative estimate of drug-likeness (QED) is 0.555. The average Bonchev–Trinajstić information content (AvgIpc) is 3.10. The Morgan fingerprint density at radius 2 is 1.18 bits per heavy atom. The number of anilines is 1. The number of nitrogens with zero attached hydrogens (tertiary/aromatic N) is 3. The van der Waals surface area contributed by atoms with Crippen LogP contribution in [0.4, 0.5) is 10.5 Å². The number of piperazine rings is 1. The minimum Gasteiger partial charge on any atom is -0.369 e. The van der Waals surface area contributed by atoms with Gasteiger partial charge in [-0.05, 0) is 23.3 Å². The summed E-state index contributed by atoms with van der Waals surface area (Å²) in [6.45, 7) is 3.66. The predicted molar refractivity (Wildman–Crippen MR) is 133 cm³/mol. The van der Waals surface area contributed by atoms with E-state index in [1.165, 1.54) is 10.6 Å². The summed E-state index contributed by atoms with van der Waals surface area (Å²) in [4.78, 5) is 32.9. The Labute approximate surface area is 200 Å². The first-order valence-corrected chi connectivity index (χ1v) is 11.9. The summed E-state index contributed by atoms with van der Waals surface area (Å²) in [7, 11) is 0. The fourth-order valence-corrected chi connectivity index (χ4v) is 4.98. The Kier molecular flexibility index (Phi) is 6.32. The number of rotatable bonds is 7. The fraction of sp³-hybridized carbons (Fsp3) is 0.286. The average molecular weight is 455 g/mol. The number of carbonyl (C=O) groups excluding carboxylic acids is 2. The van der Waals surface area contributed by atoms with Crippen molar-refractivity contribution < 1.29 is 9.59 Å². The zero-order chi connectivity index (χ0) is 23.4. The van der Waals surface area contributed by atoms with E-state index in [0.29, 0.717) is 19.5 Å². The molecule has 34 heavy (non-hydrogen) atoms. The lowest BCUT2D eigenvalue weighted by Crippen LogP contribution is -2.53. The predicted octanol–water partition coefficient (Wildman–Crippen LogP) is 3.54. The van der Waals surface area contributed by atoms with Crippen LogP contribution in [0, 0.1) is 0 Å². The highest BCUT2D eigenvalue weighted by Gasteiger charge is 2.51. The van der Waals surface area contributed by atoms with E-state index in [1.807, 2.05) is 78.9 Å². The molecule has 2 aliphatic heterocycles. The fourth-order valence-electron chi connectivity index (χ4n) is 4.98. The number of urea groups is 1. The van der Waals surface area contributed by atoms with Gasteiger partial charge in [-0.3, -0.25) is 9.69 Å². The van der Waals surface area contributed by atoms with E-state index in [-0.39, 0.29) is 11.9 Å². The molecular weight excluding hydrogens is 424 g/mol. The Morgan fingerprint density at radius 1 is 0.676 bits per heavy atom. The highest BCUT2D eigenvalue weighted by Crippen LogP contribution is 2.28. The Balaban J connectivity index is 1.31. The monoisotopic (exact) mass is 454 g/mol. The minimum absolute atomic E-state index is 0.143. The maximum atomic E-state index is 13.8. The van der Waals surface area contributed by atoms with Crippen LogP contribution in [0.15, 0.2) is 91.0 Å². The van der Waals surface area contributed by atoms with Crippen molar-refractivity contribution in [3.8, 4) is 0 Å². The second-order valence-corrected chi connectivity index (χ2v) is 9.15. The summed E-state index contributed by atoms with van der Waals surface area (Å²) in [5.74, 6) is -0.143. The standard InChI is InChI=1S/C28H30N4O2/c33-26-28(20-23-10-4-1-5-11-23,21-24-12-6-2-7-13-24)29-27(34)32(26)22-30-16-18-31(19-17-30)25-14-8-3-9-15-25/h1-15H,16-22H2,(H,29,34). The van der Waals surface area contributed by atoms with E-state index in [0.717, 1.165) is 37.3 Å². The van der Waals surface area contributed by atoms with Gasteiger partial charge >= 0.3 is 6.03 Å². The van der Waals surface area contributed by atoms with Crippen LogP contribution in [0.1, 0.15) is 11.1 Å². The number of imide groups is 1. The number of amides is 3. The zero-order valence-corrected chi connectivity index (χ0v) is 19.3. The molecule has 174 valence electrons. The molecule has 0 radical (unpaired) electrons. The van der Waals surface area contributed by atoms with E-state index in [2.05, 4.69) is 27.2 Å².